The van der Waals surface area contributed by atoms with Gasteiger partial charge in [-0.1, -0.05) is 18.2 Å². The number of carbonyl (C=O) groups excluding carboxylic acids is 1. The van der Waals surface area contributed by atoms with Crippen LogP contribution in [0.25, 0.3) is 0 Å². The third kappa shape index (κ3) is 2.54. The average Bonchev–Trinajstić information content (AvgIpc) is 2.89. The molecule has 3 rings (SSSR count). The molecule has 2 N–H and O–H groups in total. The highest BCUT2D eigenvalue weighted by Gasteiger charge is 2.26. The quantitative estimate of drug-likeness (QED) is 0.921. The maximum absolute atomic E-state index is 13.3. The van der Waals surface area contributed by atoms with Crippen molar-refractivity contribution in [1.29, 1.82) is 0 Å². The van der Waals surface area contributed by atoms with Gasteiger partial charge in [-0.25, -0.2) is 4.39 Å². The summed E-state index contributed by atoms with van der Waals surface area (Å²) < 4.78 is 13.3. The normalized spacial score (nSPS) is 14.9. The molecule has 1 atom stereocenters. The minimum Gasteiger partial charge on any atom is -0.324 e. The van der Waals surface area contributed by atoms with Crippen LogP contribution in [-0.4, -0.2) is 12.5 Å². The van der Waals surface area contributed by atoms with E-state index < -0.39 is 5.82 Å². The minimum atomic E-state index is -0.396. The maximum atomic E-state index is 13.3. The molecule has 4 heteroatoms. The molecule has 1 aliphatic rings. The fraction of sp³-hybridized carbons (Fsp3) is 0.235. The summed E-state index contributed by atoms with van der Waals surface area (Å²) in [5.41, 5.74) is 9.34. The molecule has 1 aliphatic heterocycles. The highest BCUT2D eigenvalue weighted by molar-refractivity contribution is 6.07. The van der Waals surface area contributed by atoms with E-state index in [1.165, 1.54) is 12.1 Å². The van der Waals surface area contributed by atoms with Gasteiger partial charge >= 0.3 is 0 Å². The van der Waals surface area contributed by atoms with Crippen molar-refractivity contribution in [1.82, 2.24) is 0 Å². The van der Waals surface area contributed by atoms with Crippen LogP contribution in [0.2, 0.25) is 0 Å². The van der Waals surface area contributed by atoms with Crippen molar-refractivity contribution in [3.63, 3.8) is 0 Å². The fourth-order valence-corrected chi connectivity index (χ4v) is 2.69. The molecule has 0 aromatic heterocycles. The summed E-state index contributed by atoms with van der Waals surface area (Å²) in [6, 6.07) is 11.7. The third-order valence-corrected chi connectivity index (χ3v) is 3.84. The largest absolute Gasteiger partial charge is 0.324 e. The lowest BCUT2D eigenvalue weighted by Gasteiger charge is -2.18. The number of nitrogens with two attached hydrogens (primary N) is 1. The van der Waals surface area contributed by atoms with Crippen molar-refractivity contribution in [3.8, 4) is 0 Å². The van der Waals surface area contributed by atoms with E-state index in [1.54, 1.807) is 17.0 Å². The van der Waals surface area contributed by atoms with Gasteiger partial charge in [0.2, 0.25) is 0 Å². The average molecular weight is 284 g/mol. The molecule has 1 amide bonds. The van der Waals surface area contributed by atoms with Gasteiger partial charge in [0.25, 0.3) is 5.91 Å². The number of nitrogens with zero attached hydrogens (tertiary/aromatic N) is 1. The van der Waals surface area contributed by atoms with Gasteiger partial charge in [-0.3, -0.25) is 4.79 Å². The summed E-state index contributed by atoms with van der Waals surface area (Å²) in [5, 5.41) is 0. The molecule has 0 saturated carbocycles. The standard InChI is InChI=1S/C17H17FN2O/c1-11(19)12-5-6-16-13(9-12)7-8-20(16)17(21)14-3-2-4-15(18)10-14/h2-6,9-11H,7-8,19H2,1H3/t11-/m1/s1. The summed E-state index contributed by atoms with van der Waals surface area (Å²) in [6.07, 6.45) is 0.803. The van der Waals surface area contributed by atoms with Crippen molar-refractivity contribution in [2.24, 2.45) is 5.73 Å². The molecule has 0 saturated heterocycles. The second kappa shape index (κ2) is 5.30. The number of fused-ring (bicyclic) bond motifs is 1. The first-order valence-corrected chi connectivity index (χ1v) is 7.02. The van der Waals surface area contributed by atoms with E-state index >= 15 is 0 Å². The Labute approximate surface area is 123 Å². The van der Waals surface area contributed by atoms with E-state index in [0.29, 0.717) is 12.1 Å². The topological polar surface area (TPSA) is 46.3 Å². The molecule has 0 bridgehead atoms. The Balaban J connectivity index is 1.92. The van der Waals surface area contributed by atoms with Gasteiger partial charge in [0, 0.05) is 23.8 Å². The van der Waals surface area contributed by atoms with Gasteiger partial charge in [-0.15, -0.1) is 0 Å². The number of amides is 1. The molecule has 0 fully saturated rings. The van der Waals surface area contributed by atoms with Gasteiger partial charge in [-0.2, -0.15) is 0 Å². The Hall–Kier alpha value is -2.20. The van der Waals surface area contributed by atoms with Gasteiger partial charge in [0.15, 0.2) is 0 Å². The summed E-state index contributed by atoms with van der Waals surface area (Å²) in [4.78, 5) is 14.2. The number of benzene rings is 2. The molecule has 3 nitrogen and oxygen atoms in total. The van der Waals surface area contributed by atoms with Crippen LogP contribution in [0.5, 0.6) is 0 Å². The minimum absolute atomic E-state index is 0.0247. The molecule has 21 heavy (non-hydrogen) atoms. The van der Waals surface area contributed by atoms with Crippen molar-refractivity contribution in [2.75, 3.05) is 11.4 Å². The Bertz CT molecular complexity index is 697. The molecule has 2 aromatic carbocycles. The lowest BCUT2D eigenvalue weighted by molar-refractivity contribution is 0.0989. The maximum Gasteiger partial charge on any atom is 0.258 e. The summed E-state index contributed by atoms with van der Waals surface area (Å²) in [5.74, 6) is -0.561. The van der Waals surface area contributed by atoms with Gasteiger partial charge in [0.1, 0.15) is 5.82 Å². The number of hydrogen-bond donors (Lipinski definition) is 1. The Kier molecular flexibility index (Phi) is 3.47. The highest BCUT2D eigenvalue weighted by Crippen LogP contribution is 2.31. The summed E-state index contributed by atoms with van der Waals surface area (Å²) in [6.45, 7) is 2.55. The summed E-state index contributed by atoms with van der Waals surface area (Å²) in [7, 11) is 0. The molecule has 108 valence electrons. The van der Waals surface area contributed by atoms with E-state index in [4.69, 9.17) is 5.73 Å². The van der Waals surface area contributed by atoms with Crippen LogP contribution in [0.3, 0.4) is 0 Å². The number of anilines is 1. The fourth-order valence-electron chi connectivity index (χ4n) is 2.69. The first-order valence-electron chi connectivity index (χ1n) is 7.02. The van der Waals surface area contributed by atoms with Gasteiger partial charge < -0.3 is 10.6 Å². The van der Waals surface area contributed by atoms with Crippen LogP contribution in [0, 0.1) is 5.82 Å². The molecular weight excluding hydrogens is 267 g/mol. The predicted molar refractivity (Wildman–Crippen MR) is 80.8 cm³/mol. The van der Waals surface area contributed by atoms with Crippen LogP contribution in [0.1, 0.15) is 34.5 Å². The van der Waals surface area contributed by atoms with E-state index in [-0.39, 0.29) is 11.9 Å². The Morgan fingerprint density at radius 3 is 2.81 bits per heavy atom. The second-order valence-corrected chi connectivity index (χ2v) is 5.39. The highest BCUT2D eigenvalue weighted by atomic mass is 19.1. The Morgan fingerprint density at radius 2 is 2.10 bits per heavy atom. The first-order chi connectivity index (χ1) is 10.1. The predicted octanol–water partition coefficient (Wildman–Crippen LogP) is 3.05. The van der Waals surface area contributed by atoms with Crippen LogP contribution < -0.4 is 10.6 Å². The lowest BCUT2D eigenvalue weighted by atomic mass is 10.0. The van der Waals surface area contributed by atoms with Gasteiger partial charge in [0.05, 0.1) is 0 Å². The molecule has 0 aliphatic carbocycles. The molecule has 2 aromatic rings. The van der Waals surface area contributed by atoms with Crippen molar-refractivity contribution >= 4 is 11.6 Å². The number of halogens is 1. The summed E-state index contributed by atoms with van der Waals surface area (Å²) >= 11 is 0. The SMILES string of the molecule is C[C@@H](N)c1ccc2c(c1)CCN2C(=O)c1cccc(F)c1. The van der Waals surface area contributed by atoms with Crippen LogP contribution >= 0.6 is 0 Å². The van der Waals surface area contributed by atoms with E-state index in [1.807, 2.05) is 19.1 Å². The Morgan fingerprint density at radius 1 is 1.29 bits per heavy atom. The van der Waals surface area contributed by atoms with Crippen LogP contribution in [0.15, 0.2) is 42.5 Å². The number of carbonyl (C=O) groups is 1. The van der Waals surface area contributed by atoms with Crippen molar-refractivity contribution in [2.45, 2.75) is 19.4 Å². The smallest absolute Gasteiger partial charge is 0.258 e. The van der Waals surface area contributed by atoms with E-state index in [2.05, 4.69) is 6.07 Å². The van der Waals surface area contributed by atoms with E-state index in [9.17, 15) is 9.18 Å². The third-order valence-electron chi connectivity index (χ3n) is 3.84. The number of hydrogen-bond acceptors (Lipinski definition) is 2. The molecule has 1 heterocycles. The van der Waals surface area contributed by atoms with Gasteiger partial charge in [-0.05, 0) is 48.7 Å². The first kappa shape index (κ1) is 13.8. The van der Waals surface area contributed by atoms with Crippen molar-refractivity contribution < 1.29 is 9.18 Å². The zero-order valence-electron chi connectivity index (χ0n) is 11.8. The zero-order valence-corrected chi connectivity index (χ0v) is 11.8. The number of rotatable bonds is 2. The van der Waals surface area contributed by atoms with E-state index in [0.717, 1.165) is 23.2 Å². The monoisotopic (exact) mass is 284 g/mol. The van der Waals surface area contributed by atoms with Crippen molar-refractivity contribution in [3.05, 3.63) is 65.0 Å². The molecule has 0 radical (unpaired) electrons. The van der Waals surface area contributed by atoms with Crippen LogP contribution in [-0.2, 0) is 6.42 Å². The molecular formula is C17H17FN2O. The lowest BCUT2D eigenvalue weighted by Crippen LogP contribution is -2.28. The van der Waals surface area contributed by atoms with Crippen LogP contribution in [0.4, 0.5) is 10.1 Å². The molecule has 0 unspecified atom stereocenters. The second-order valence-electron chi connectivity index (χ2n) is 5.39. The molecule has 0 spiro atoms. The zero-order chi connectivity index (χ0) is 15.0.